The molecule has 2 aromatic carbocycles. The topological polar surface area (TPSA) is 73.2 Å². The molecule has 0 saturated carbocycles. The van der Waals surface area contributed by atoms with Gasteiger partial charge in [-0.3, -0.25) is 4.79 Å². The number of likely N-dealkylation sites (N-methyl/N-ethyl adjacent to an activating group) is 1. The van der Waals surface area contributed by atoms with Crippen LogP contribution in [0.15, 0.2) is 54.6 Å². The van der Waals surface area contributed by atoms with Crippen molar-refractivity contribution in [2.24, 2.45) is 5.92 Å². The average molecular weight is 363 g/mol. The van der Waals surface area contributed by atoms with Crippen LogP contribution in [0.5, 0.6) is 0 Å². The van der Waals surface area contributed by atoms with E-state index >= 15 is 0 Å². The Kier molecular flexibility index (Phi) is 7.13. The van der Waals surface area contributed by atoms with Crippen LogP contribution in [0.3, 0.4) is 0 Å². The Labute approximate surface area is 160 Å². The molecule has 2 aromatic rings. The van der Waals surface area contributed by atoms with Crippen molar-refractivity contribution in [3.63, 3.8) is 0 Å². The van der Waals surface area contributed by atoms with Crippen LogP contribution >= 0.6 is 0 Å². The van der Waals surface area contributed by atoms with Crippen molar-refractivity contribution in [3.8, 4) is 6.07 Å². The van der Waals surface area contributed by atoms with Crippen LogP contribution < -0.4 is 5.32 Å². The molecule has 1 N–H and O–H groups in total. The molecule has 0 aliphatic carbocycles. The lowest BCUT2D eigenvalue weighted by atomic mass is 9.93. The fourth-order valence-corrected chi connectivity index (χ4v) is 2.67. The highest BCUT2D eigenvalue weighted by atomic mass is 16.2. The van der Waals surface area contributed by atoms with E-state index in [9.17, 15) is 9.59 Å². The number of hydrogen-bond acceptors (Lipinski definition) is 3. The summed E-state index contributed by atoms with van der Waals surface area (Å²) >= 11 is 0. The number of urea groups is 1. The van der Waals surface area contributed by atoms with Gasteiger partial charge in [-0.25, -0.2) is 4.79 Å². The molecular weight excluding hydrogens is 338 g/mol. The number of rotatable bonds is 7. The van der Waals surface area contributed by atoms with E-state index in [0.717, 1.165) is 6.42 Å². The van der Waals surface area contributed by atoms with Gasteiger partial charge in [-0.05, 0) is 31.0 Å². The number of nitrogens with one attached hydrogen (secondary N) is 1. The summed E-state index contributed by atoms with van der Waals surface area (Å²) in [5.41, 5.74) is 2.23. The first-order valence-electron chi connectivity index (χ1n) is 9.02. The predicted octanol–water partition coefficient (Wildman–Crippen LogP) is 3.65. The second-order valence-corrected chi connectivity index (χ2v) is 6.74. The van der Waals surface area contributed by atoms with E-state index in [1.807, 2.05) is 43.3 Å². The molecule has 2 amide bonds. The molecule has 0 radical (unpaired) electrons. The maximum Gasteiger partial charge on any atom is 0.317 e. The number of nitrogens with zero attached hydrogens (tertiary/aromatic N) is 2. The van der Waals surface area contributed by atoms with Crippen LogP contribution in [-0.4, -0.2) is 36.3 Å². The molecule has 0 bridgehead atoms. The smallest absolute Gasteiger partial charge is 0.317 e. The van der Waals surface area contributed by atoms with Crippen molar-refractivity contribution in [2.45, 2.75) is 26.3 Å². The lowest BCUT2D eigenvalue weighted by Crippen LogP contribution is -2.46. The Morgan fingerprint density at radius 2 is 1.70 bits per heavy atom. The summed E-state index contributed by atoms with van der Waals surface area (Å²) in [5.74, 6) is -0.427. The average Bonchev–Trinajstić information content (AvgIpc) is 2.71. The SMILES string of the molecule is CC(NC(=O)N(C)CCc1ccccc1)C(C)C(=O)c1ccc(C#N)cc1. The van der Waals surface area contributed by atoms with E-state index < -0.39 is 0 Å². The maximum atomic E-state index is 12.6. The zero-order valence-corrected chi connectivity index (χ0v) is 16.0. The molecule has 5 heteroatoms. The highest BCUT2D eigenvalue weighted by Crippen LogP contribution is 2.14. The summed E-state index contributed by atoms with van der Waals surface area (Å²) in [6.07, 6.45) is 0.777. The Morgan fingerprint density at radius 1 is 1.07 bits per heavy atom. The first-order chi connectivity index (χ1) is 12.9. The number of amides is 2. The number of benzene rings is 2. The third kappa shape index (κ3) is 5.68. The monoisotopic (exact) mass is 363 g/mol. The van der Waals surface area contributed by atoms with E-state index in [4.69, 9.17) is 5.26 Å². The molecule has 0 aliphatic heterocycles. The van der Waals surface area contributed by atoms with Gasteiger partial charge in [0.05, 0.1) is 11.6 Å². The van der Waals surface area contributed by atoms with Gasteiger partial charge in [0, 0.05) is 31.1 Å². The Bertz CT molecular complexity index is 810. The number of Topliss-reactive ketones (excluding diaryl/α,β-unsaturated/α-hetero) is 1. The number of hydrogen-bond donors (Lipinski definition) is 1. The quantitative estimate of drug-likeness (QED) is 0.763. The maximum absolute atomic E-state index is 12.6. The number of ketones is 1. The molecule has 27 heavy (non-hydrogen) atoms. The minimum atomic E-state index is -0.371. The zero-order chi connectivity index (χ0) is 19.8. The van der Waals surface area contributed by atoms with Crippen LogP contribution in [0.1, 0.15) is 35.3 Å². The van der Waals surface area contributed by atoms with Crippen molar-refractivity contribution < 1.29 is 9.59 Å². The third-order valence-electron chi connectivity index (χ3n) is 4.74. The Balaban J connectivity index is 1.88. The van der Waals surface area contributed by atoms with E-state index in [2.05, 4.69) is 5.32 Å². The third-order valence-corrected chi connectivity index (χ3v) is 4.74. The molecule has 0 heterocycles. The lowest BCUT2D eigenvalue weighted by Gasteiger charge is -2.24. The zero-order valence-electron chi connectivity index (χ0n) is 16.0. The molecule has 5 nitrogen and oxygen atoms in total. The molecule has 2 atom stereocenters. The molecular formula is C22H25N3O2. The minimum absolute atomic E-state index is 0.0563. The van der Waals surface area contributed by atoms with Crippen LogP contribution in [-0.2, 0) is 6.42 Å². The Hall–Kier alpha value is -3.13. The van der Waals surface area contributed by atoms with Crippen LogP contribution in [0.4, 0.5) is 4.79 Å². The van der Waals surface area contributed by atoms with Crippen molar-refractivity contribution in [3.05, 3.63) is 71.3 Å². The van der Waals surface area contributed by atoms with Gasteiger partial charge in [0.2, 0.25) is 0 Å². The van der Waals surface area contributed by atoms with Gasteiger partial charge < -0.3 is 10.2 Å². The van der Waals surface area contributed by atoms with Gasteiger partial charge >= 0.3 is 6.03 Å². The Morgan fingerprint density at radius 3 is 2.30 bits per heavy atom. The summed E-state index contributed by atoms with van der Waals surface area (Å²) in [5, 5.41) is 11.7. The predicted molar refractivity (Wildman–Crippen MR) is 105 cm³/mol. The standard InChI is InChI=1S/C22H25N3O2/c1-16(21(26)20-11-9-19(15-23)10-12-20)17(2)24-22(27)25(3)14-13-18-7-5-4-6-8-18/h4-12,16-17H,13-14H2,1-3H3,(H,24,27). The molecule has 2 unspecified atom stereocenters. The molecule has 0 spiro atoms. The van der Waals surface area contributed by atoms with Gasteiger partial charge in [0.1, 0.15) is 0 Å². The fourth-order valence-electron chi connectivity index (χ4n) is 2.67. The van der Waals surface area contributed by atoms with Gasteiger partial charge in [0.15, 0.2) is 5.78 Å². The summed E-state index contributed by atoms with van der Waals surface area (Å²) in [7, 11) is 1.75. The second-order valence-electron chi connectivity index (χ2n) is 6.74. The number of carbonyl (C=O) groups excluding carboxylic acids is 2. The van der Waals surface area contributed by atoms with Crippen molar-refractivity contribution in [1.82, 2.24) is 10.2 Å². The van der Waals surface area contributed by atoms with E-state index in [1.165, 1.54) is 5.56 Å². The summed E-state index contributed by atoms with van der Waals surface area (Å²) in [6.45, 7) is 4.23. The molecule has 0 aliphatic rings. The summed E-state index contributed by atoms with van der Waals surface area (Å²) in [4.78, 5) is 26.6. The molecule has 2 rings (SSSR count). The van der Waals surface area contributed by atoms with Crippen molar-refractivity contribution in [1.29, 1.82) is 5.26 Å². The first kappa shape index (κ1) is 20.2. The molecule has 0 fully saturated rings. The number of nitriles is 1. The van der Waals surface area contributed by atoms with Crippen molar-refractivity contribution >= 4 is 11.8 Å². The van der Waals surface area contributed by atoms with E-state index in [-0.39, 0.29) is 23.8 Å². The molecule has 0 aromatic heterocycles. The summed E-state index contributed by atoms with van der Waals surface area (Å²) in [6, 6.07) is 18.1. The van der Waals surface area contributed by atoms with Gasteiger partial charge in [0.25, 0.3) is 0 Å². The highest BCUT2D eigenvalue weighted by Gasteiger charge is 2.24. The minimum Gasteiger partial charge on any atom is -0.335 e. The highest BCUT2D eigenvalue weighted by molar-refractivity contribution is 5.98. The van der Waals surface area contributed by atoms with Crippen LogP contribution in [0, 0.1) is 17.2 Å². The lowest BCUT2D eigenvalue weighted by molar-refractivity contribution is 0.0908. The number of carbonyl (C=O) groups is 2. The van der Waals surface area contributed by atoms with Gasteiger partial charge in [-0.15, -0.1) is 0 Å². The van der Waals surface area contributed by atoms with Gasteiger partial charge in [-0.1, -0.05) is 49.4 Å². The summed E-state index contributed by atoms with van der Waals surface area (Å²) < 4.78 is 0. The van der Waals surface area contributed by atoms with Crippen LogP contribution in [0.25, 0.3) is 0 Å². The largest absolute Gasteiger partial charge is 0.335 e. The molecule has 0 saturated heterocycles. The second kappa shape index (κ2) is 9.54. The first-order valence-corrected chi connectivity index (χ1v) is 9.02. The van der Waals surface area contributed by atoms with Crippen LogP contribution in [0.2, 0.25) is 0 Å². The van der Waals surface area contributed by atoms with Gasteiger partial charge in [-0.2, -0.15) is 5.26 Å². The van der Waals surface area contributed by atoms with E-state index in [1.54, 1.807) is 43.1 Å². The molecule has 140 valence electrons. The fraction of sp³-hybridized carbons (Fsp3) is 0.318. The van der Waals surface area contributed by atoms with E-state index in [0.29, 0.717) is 17.7 Å². The van der Waals surface area contributed by atoms with Crippen molar-refractivity contribution in [2.75, 3.05) is 13.6 Å². The normalized spacial score (nSPS) is 12.5.